The van der Waals surface area contributed by atoms with E-state index >= 15 is 0 Å². The van der Waals surface area contributed by atoms with E-state index in [9.17, 15) is 4.79 Å². The normalized spacial score (nSPS) is 12.5. The third-order valence-electron chi connectivity index (χ3n) is 3.16. The zero-order valence-corrected chi connectivity index (χ0v) is 13.9. The smallest absolute Gasteiger partial charge is 0.252 e. The van der Waals surface area contributed by atoms with E-state index in [1.165, 1.54) is 6.42 Å². The summed E-state index contributed by atoms with van der Waals surface area (Å²) in [5, 5.41) is 3.07. The molecule has 1 N–H and O–H groups in total. The molecule has 0 bridgehead atoms. The van der Waals surface area contributed by atoms with Crippen molar-refractivity contribution in [3.63, 3.8) is 0 Å². The SMILES string of the molecule is Cc1ccc(Br)c(C(=O)NC(C)CCCC(C)C)c1. The molecule has 1 aromatic carbocycles. The molecule has 1 atom stereocenters. The van der Waals surface area contributed by atoms with E-state index in [2.05, 4.69) is 42.0 Å². The summed E-state index contributed by atoms with van der Waals surface area (Å²) in [6.45, 7) is 8.53. The third kappa shape index (κ3) is 5.77. The number of benzene rings is 1. The second-order valence-corrected chi connectivity index (χ2v) is 6.54. The summed E-state index contributed by atoms with van der Waals surface area (Å²) in [4.78, 5) is 12.2. The molecule has 1 rings (SSSR count). The molecule has 2 nitrogen and oxygen atoms in total. The Bertz CT molecular complexity index is 429. The van der Waals surface area contributed by atoms with Crippen LogP contribution in [0.1, 0.15) is 56.0 Å². The molecular weight excluding hydrogens is 302 g/mol. The number of aryl methyl sites for hydroxylation is 1. The quantitative estimate of drug-likeness (QED) is 0.806. The Morgan fingerprint density at radius 2 is 1.95 bits per heavy atom. The van der Waals surface area contributed by atoms with Gasteiger partial charge in [-0.15, -0.1) is 0 Å². The lowest BCUT2D eigenvalue weighted by Crippen LogP contribution is -2.32. The first kappa shape index (κ1) is 16.2. The second-order valence-electron chi connectivity index (χ2n) is 5.68. The van der Waals surface area contributed by atoms with E-state index in [1.807, 2.05) is 25.1 Å². The predicted octanol–water partition coefficient (Wildman–Crippen LogP) is 4.70. The summed E-state index contributed by atoms with van der Waals surface area (Å²) in [6.07, 6.45) is 3.41. The Kier molecular flexibility index (Phi) is 6.56. The van der Waals surface area contributed by atoms with Crippen LogP contribution >= 0.6 is 15.9 Å². The minimum atomic E-state index is 0.00706. The summed E-state index contributed by atoms with van der Waals surface area (Å²) in [5.41, 5.74) is 1.82. The minimum absolute atomic E-state index is 0.00706. The van der Waals surface area contributed by atoms with Gasteiger partial charge in [-0.05, 0) is 54.2 Å². The number of carbonyl (C=O) groups excluding carboxylic acids is 1. The first-order valence-electron chi connectivity index (χ1n) is 6.97. The van der Waals surface area contributed by atoms with E-state index in [1.54, 1.807) is 0 Å². The van der Waals surface area contributed by atoms with Crippen LogP contribution in [0.3, 0.4) is 0 Å². The number of amides is 1. The molecule has 1 unspecified atom stereocenters. The largest absolute Gasteiger partial charge is 0.350 e. The predicted molar refractivity (Wildman–Crippen MR) is 84.5 cm³/mol. The zero-order valence-electron chi connectivity index (χ0n) is 12.3. The highest BCUT2D eigenvalue weighted by atomic mass is 79.9. The van der Waals surface area contributed by atoms with Crippen LogP contribution in [0, 0.1) is 12.8 Å². The number of carbonyl (C=O) groups is 1. The first-order chi connectivity index (χ1) is 8.90. The van der Waals surface area contributed by atoms with Gasteiger partial charge < -0.3 is 5.32 Å². The Morgan fingerprint density at radius 1 is 1.26 bits per heavy atom. The second kappa shape index (κ2) is 7.68. The van der Waals surface area contributed by atoms with Gasteiger partial charge in [-0.3, -0.25) is 4.79 Å². The molecule has 0 radical (unpaired) electrons. The van der Waals surface area contributed by atoms with Crippen LogP contribution in [0.15, 0.2) is 22.7 Å². The molecule has 0 spiro atoms. The maximum absolute atomic E-state index is 12.2. The fourth-order valence-corrected chi connectivity index (χ4v) is 2.45. The summed E-state index contributed by atoms with van der Waals surface area (Å²) < 4.78 is 0.852. The molecule has 1 aromatic rings. The summed E-state index contributed by atoms with van der Waals surface area (Å²) in [5.74, 6) is 0.737. The molecule has 0 aliphatic heterocycles. The van der Waals surface area contributed by atoms with Crippen molar-refractivity contribution in [2.45, 2.75) is 53.0 Å². The molecule has 0 aliphatic carbocycles. The van der Waals surface area contributed by atoms with Gasteiger partial charge in [-0.1, -0.05) is 38.3 Å². The number of nitrogens with one attached hydrogen (secondary N) is 1. The third-order valence-corrected chi connectivity index (χ3v) is 3.85. The molecule has 19 heavy (non-hydrogen) atoms. The van der Waals surface area contributed by atoms with Crippen molar-refractivity contribution in [1.29, 1.82) is 0 Å². The van der Waals surface area contributed by atoms with Crippen LogP contribution < -0.4 is 5.32 Å². The van der Waals surface area contributed by atoms with Crippen molar-refractivity contribution in [2.24, 2.45) is 5.92 Å². The Labute approximate surface area is 125 Å². The molecule has 0 saturated carbocycles. The van der Waals surface area contributed by atoms with Crippen LogP contribution in [0.25, 0.3) is 0 Å². The van der Waals surface area contributed by atoms with Crippen LogP contribution in [-0.2, 0) is 0 Å². The van der Waals surface area contributed by atoms with Crippen molar-refractivity contribution < 1.29 is 4.79 Å². The van der Waals surface area contributed by atoms with Crippen LogP contribution in [0.5, 0.6) is 0 Å². The number of halogens is 1. The number of hydrogen-bond donors (Lipinski definition) is 1. The lowest BCUT2D eigenvalue weighted by Gasteiger charge is -2.15. The standard InChI is InChI=1S/C16H24BrNO/c1-11(2)6-5-7-13(4)18-16(19)14-10-12(3)8-9-15(14)17/h8-11,13H,5-7H2,1-4H3,(H,18,19). The van der Waals surface area contributed by atoms with Gasteiger partial charge >= 0.3 is 0 Å². The number of hydrogen-bond acceptors (Lipinski definition) is 1. The molecule has 0 aromatic heterocycles. The monoisotopic (exact) mass is 325 g/mol. The average molecular weight is 326 g/mol. The molecular formula is C16H24BrNO. The van der Waals surface area contributed by atoms with E-state index in [4.69, 9.17) is 0 Å². The molecule has 106 valence electrons. The lowest BCUT2D eigenvalue weighted by molar-refractivity contribution is 0.0937. The summed E-state index contributed by atoms with van der Waals surface area (Å²) in [7, 11) is 0. The van der Waals surface area contributed by atoms with Crippen molar-refractivity contribution in [2.75, 3.05) is 0 Å². The Morgan fingerprint density at radius 3 is 2.58 bits per heavy atom. The van der Waals surface area contributed by atoms with Crippen LogP contribution in [0.4, 0.5) is 0 Å². The van der Waals surface area contributed by atoms with Gasteiger partial charge in [0.1, 0.15) is 0 Å². The molecule has 3 heteroatoms. The highest BCUT2D eigenvalue weighted by Gasteiger charge is 2.13. The fraction of sp³-hybridized carbons (Fsp3) is 0.562. The highest BCUT2D eigenvalue weighted by Crippen LogP contribution is 2.18. The minimum Gasteiger partial charge on any atom is -0.350 e. The topological polar surface area (TPSA) is 29.1 Å². The molecule has 0 aliphatic rings. The Balaban J connectivity index is 2.52. The van der Waals surface area contributed by atoms with Gasteiger partial charge in [0.25, 0.3) is 5.91 Å². The van der Waals surface area contributed by atoms with Crippen molar-refractivity contribution in [1.82, 2.24) is 5.32 Å². The van der Waals surface area contributed by atoms with E-state index < -0.39 is 0 Å². The van der Waals surface area contributed by atoms with E-state index in [0.717, 1.165) is 34.4 Å². The average Bonchev–Trinajstić information content (AvgIpc) is 2.31. The van der Waals surface area contributed by atoms with E-state index in [0.29, 0.717) is 0 Å². The maximum Gasteiger partial charge on any atom is 0.252 e. The van der Waals surface area contributed by atoms with Crippen LogP contribution in [-0.4, -0.2) is 11.9 Å². The summed E-state index contributed by atoms with van der Waals surface area (Å²) in [6, 6.07) is 6.06. The van der Waals surface area contributed by atoms with Crippen molar-refractivity contribution >= 4 is 21.8 Å². The van der Waals surface area contributed by atoms with E-state index in [-0.39, 0.29) is 11.9 Å². The molecule has 0 heterocycles. The van der Waals surface area contributed by atoms with Gasteiger partial charge in [0.2, 0.25) is 0 Å². The van der Waals surface area contributed by atoms with Crippen molar-refractivity contribution in [3.05, 3.63) is 33.8 Å². The van der Waals surface area contributed by atoms with Gasteiger partial charge in [-0.25, -0.2) is 0 Å². The van der Waals surface area contributed by atoms with Gasteiger partial charge in [0, 0.05) is 10.5 Å². The molecule has 1 amide bonds. The maximum atomic E-state index is 12.2. The van der Waals surface area contributed by atoms with Gasteiger partial charge in [0.05, 0.1) is 5.56 Å². The highest BCUT2D eigenvalue weighted by molar-refractivity contribution is 9.10. The van der Waals surface area contributed by atoms with Crippen molar-refractivity contribution in [3.8, 4) is 0 Å². The molecule has 0 fully saturated rings. The Hall–Kier alpha value is -0.830. The molecule has 0 saturated heterocycles. The van der Waals surface area contributed by atoms with Crippen LogP contribution in [0.2, 0.25) is 0 Å². The fourth-order valence-electron chi connectivity index (χ4n) is 2.02. The first-order valence-corrected chi connectivity index (χ1v) is 7.76. The lowest BCUT2D eigenvalue weighted by atomic mass is 10.0. The zero-order chi connectivity index (χ0) is 14.4. The summed E-state index contributed by atoms with van der Waals surface area (Å²) >= 11 is 3.43. The van der Waals surface area contributed by atoms with Gasteiger partial charge in [-0.2, -0.15) is 0 Å². The number of rotatable bonds is 6. The van der Waals surface area contributed by atoms with Gasteiger partial charge in [0.15, 0.2) is 0 Å².